The summed E-state index contributed by atoms with van der Waals surface area (Å²) in [7, 11) is -3.83. The Balaban J connectivity index is 1.86. The summed E-state index contributed by atoms with van der Waals surface area (Å²) in [6.45, 7) is 4.40. The standard InChI is InChI=1S/C16H18FN3O2S/c1-11-9-12(2)19-16(18-11)13-7-8-20(10-13)23(21,22)15-6-4-3-5-14(15)17/h3-6,9,13H,7-8,10H2,1-2H3. The number of nitrogens with zero attached hydrogens (tertiary/aromatic N) is 3. The third kappa shape index (κ3) is 3.11. The van der Waals surface area contributed by atoms with Gasteiger partial charge in [-0.1, -0.05) is 12.1 Å². The quantitative estimate of drug-likeness (QED) is 0.864. The summed E-state index contributed by atoms with van der Waals surface area (Å²) in [5.74, 6) is -0.123. The Morgan fingerprint density at radius 3 is 2.48 bits per heavy atom. The number of rotatable bonds is 3. The summed E-state index contributed by atoms with van der Waals surface area (Å²) in [5, 5.41) is 0. The molecule has 1 aromatic carbocycles. The van der Waals surface area contributed by atoms with Crippen LogP contribution < -0.4 is 0 Å². The van der Waals surface area contributed by atoms with Crippen molar-refractivity contribution in [3.8, 4) is 0 Å². The molecule has 0 N–H and O–H groups in total. The average molecular weight is 335 g/mol. The summed E-state index contributed by atoms with van der Waals surface area (Å²) in [4.78, 5) is 8.56. The van der Waals surface area contributed by atoms with Gasteiger partial charge >= 0.3 is 0 Å². The normalized spacial score (nSPS) is 19.2. The number of sulfonamides is 1. The van der Waals surface area contributed by atoms with Crippen molar-refractivity contribution in [2.75, 3.05) is 13.1 Å². The van der Waals surface area contributed by atoms with Crippen molar-refractivity contribution in [1.29, 1.82) is 0 Å². The Morgan fingerprint density at radius 1 is 1.17 bits per heavy atom. The van der Waals surface area contributed by atoms with Crippen molar-refractivity contribution in [1.82, 2.24) is 14.3 Å². The van der Waals surface area contributed by atoms with Gasteiger partial charge in [0.15, 0.2) is 0 Å². The Hall–Kier alpha value is -1.86. The van der Waals surface area contributed by atoms with Gasteiger partial charge in [-0.3, -0.25) is 0 Å². The number of hydrogen-bond acceptors (Lipinski definition) is 4. The van der Waals surface area contributed by atoms with Gasteiger partial charge in [0, 0.05) is 30.4 Å². The topological polar surface area (TPSA) is 63.2 Å². The van der Waals surface area contributed by atoms with Crippen molar-refractivity contribution in [3.63, 3.8) is 0 Å². The summed E-state index contributed by atoms with van der Waals surface area (Å²) in [5.41, 5.74) is 1.73. The van der Waals surface area contributed by atoms with Crippen LogP contribution in [0.15, 0.2) is 35.2 Å². The Labute approximate surface area is 135 Å². The third-order valence-corrected chi connectivity index (χ3v) is 5.87. The molecule has 1 atom stereocenters. The molecule has 1 unspecified atom stereocenters. The zero-order valence-electron chi connectivity index (χ0n) is 13.0. The Morgan fingerprint density at radius 2 is 1.83 bits per heavy atom. The molecule has 0 aliphatic carbocycles. The molecule has 0 radical (unpaired) electrons. The predicted molar refractivity (Wildman–Crippen MR) is 84.0 cm³/mol. The van der Waals surface area contributed by atoms with Gasteiger partial charge in [0.25, 0.3) is 0 Å². The molecule has 1 fully saturated rings. The van der Waals surface area contributed by atoms with Crippen LogP contribution in [-0.2, 0) is 10.0 Å². The molecule has 0 saturated carbocycles. The fourth-order valence-corrected chi connectivity index (χ4v) is 4.45. The molecular weight excluding hydrogens is 317 g/mol. The minimum atomic E-state index is -3.83. The van der Waals surface area contributed by atoms with Crippen LogP contribution in [0.4, 0.5) is 4.39 Å². The van der Waals surface area contributed by atoms with Crippen LogP contribution in [0.5, 0.6) is 0 Å². The molecule has 2 heterocycles. The van der Waals surface area contributed by atoms with Crippen LogP contribution in [0, 0.1) is 19.7 Å². The smallest absolute Gasteiger partial charge is 0.238 e. The first-order valence-corrected chi connectivity index (χ1v) is 8.89. The van der Waals surface area contributed by atoms with E-state index in [1.165, 1.54) is 22.5 Å². The predicted octanol–water partition coefficient (Wildman–Crippen LogP) is 2.41. The van der Waals surface area contributed by atoms with Gasteiger partial charge in [-0.15, -0.1) is 0 Å². The van der Waals surface area contributed by atoms with E-state index in [-0.39, 0.29) is 17.4 Å². The molecular formula is C16H18FN3O2S. The highest BCUT2D eigenvalue weighted by Gasteiger charge is 2.35. The molecule has 0 amide bonds. The first-order valence-electron chi connectivity index (χ1n) is 7.45. The lowest BCUT2D eigenvalue weighted by molar-refractivity contribution is 0.464. The van der Waals surface area contributed by atoms with Crippen molar-refractivity contribution in [2.45, 2.75) is 31.1 Å². The first kappa shape index (κ1) is 16.0. The molecule has 0 bridgehead atoms. The van der Waals surface area contributed by atoms with Crippen molar-refractivity contribution < 1.29 is 12.8 Å². The van der Waals surface area contributed by atoms with Crippen LogP contribution in [-0.4, -0.2) is 35.8 Å². The minimum Gasteiger partial charge on any atom is -0.238 e. The summed E-state index contributed by atoms with van der Waals surface area (Å²) >= 11 is 0. The second-order valence-electron chi connectivity index (χ2n) is 5.79. The third-order valence-electron chi connectivity index (χ3n) is 3.97. The van der Waals surface area contributed by atoms with Crippen molar-refractivity contribution in [2.24, 2.45) is 0 Å². The maximum absolute atomic E-state index is 13.8. The fraction of sp³-hybridized carbons (Fsp3) is 0.375. The maximum atomic E-state index is 13.8. The molecule has 1 aromatic heterocycles. The van der Waals surface area contributed by atoms with Gasteiger partial charge in [0.05, 0.1) is 0 Å². The van der Waals surface area contributed by atoms with Crippen LogP contribution in [0.1, 0.15) is 29.6 Å². The largest absolute Gasteiger partial charge is 0.246 e. The van der Waals surface area contributed by atoms with Crippen molar-refractivity contribution in [3.05, 3.63) is 53.4 Å². The molecule has 3 rings (SSSR count). The number of hydrogen-bond donors (Lipinski definition) is 0. The maximum Gasteiger partial charge on any atom is 0.246 e. The highest BCUT2D eigenvalue weighted by molar-refractivity contribution is 7.89. The second kappa shape index (κ2) is 5.98. The van der Waals surface area contributed by atoms with Crippen LogP contribution >= 0.6 is 0 Å². The van der Waals surface area contributed by atoms with E-state index in [9.17, 15) is 12.8 Å². The minimum absolute atomic E-state index is 0.0600. The Bertz CT molecular complexity index is 819. The molecule has 122 valence electrons. The highest BCUT2D eigenvalue weighted by Crippen LogP contribution is 2.30. The SMILES string of the molecule is Cc1cc(C)nc(C2CCN(S(=O)(=O)c3ccccc3F)C2)n1. The highest BCUT2D eigenvalue weighted by atomic mass is 32.2. The molecule has 5 nitrogen and oxygen atoms in total. The van der Waals surface area contributed by atoms with E-state index < -0.39 is 15.8 Å². The van der Waals surface area contributed by atoms with E-state index in [0.29, 0.717) is 18.8 Å². The van der Waals surface area contributed by atoms with Crippen LogP contribution in [0.3, 0.4) is 0 Å². The van der Waals surface area contributed by atoms with E-state index in [2.05, 4.69) is 9.97 Å². The lowest BCUT2D eigenvalue weighted by atomic mass is 10.1. The number of halogens is 1. The molecule has 23 heavy (non-hydrogen) atoms. The zero-order valence-corrected chi connectivity index (χ0v) is 13.8. The lowest BCUT2D eigenvalue weighted by Crippen LogP contribution is -2.29. The first-order chi connectivity index (χ1) is 10.9. The molecule has 1 aliphatic heterocycles. The van der Waals surface area contributed by atoms with Crippen LogP contribution in [0.2, 0.25) is 0 Å². The average Bonchev–Trinajstić information content (AvgIpc) is 2.97. The van der Waals surface area contributed by atoms with Gasteiger partial charge in [-0.05, 0) is 38.5 Å². The van der Waals surface area contributed by atoms with Gasteiger partial charge in [-0.2, -0.15) is 4.31 Å². The zero-order chi connectivity index (χ0) is 16.6. The van der Waals surface area contributed by atoms with Gasteiger partial charge < -0.3 is 0 Å². The summed E-state index contributed by atoms with van der Waals surface area (Å²) in [6, 6.07) is 7.34. The number of benzene rings is 1. The molecule has 1 aliphatic rings. The van der Waals surface area contributed by atoms with Crippen molar-refractivity contribution >= 4 is 10.0 Å². The second-order valence-corrected chi connectivity index (χ2v) is 7.69. The lowest BCUT2D eigenvalue weighted by Gasteiger charge is -2.17. The molecule has 1 saturated heterocycles. The Kier molecular flexibility index (Phi) is 4.16. The van der Waals surface area contributed by atoms with Gasteiger partial charge in [-0.25, -0.2) is 22.8 Å². The molecule has 0 spiro atoms. The van der Waals surface area contributed by atoms with Crippen LogP contribution in [0.25, 0.3) is 0 Å². The summed E-state index contributed by atoms with van der Waals surface area (Å²) in [6.07, 6.45) is 0.635. The van der Waals surface area contributed by atoms with E-state index in [0.717, 1.165) is 17.5 Å². The monoisotopic (exact) mass is 335 g/mol. The van der Waals surface area contributed by atoms with Gasteiger partial charge in [0.2, 0.25) is 10.0 Å². The van der Waals surface area contributed by atoms with E-state index in [1.54, 1.807) is 0 Å². The van der Waals surface area contributed by atoms with Gasteiger partial charge in [0.1, 0.15) is 16.5 Å². The molecule has 2 aromatic rings. The number of aromatic nitrogens is 2. The fourth-order valence-electron chi connectivity index (χ4n) is 2.89. The summed E-state index contributed by atoms with van der Waals surface area (Å²) < 4.78 is 40.4. The van der Waals surface area contributed by atoms with E-state index in [1.807, 2.05) is 19.9 Å². The van der Waals surface area contributed by atoms with E-state index >= 15 is 0 Å². The number of aryl methyl sites for hydroxylation is 2. The van der Waals surface area contributed by atoms with E-state index in [4.69, 9.17) is 0 Å². The molecule has 7 heteroatoms.